The topological polar surface area (TPSA) is 47.9 Å². The van der Waals surface area contributed by atoms with Crippen molar-refractivity contribution in [2.75, 3.05) is 0 Å². The van der Waals surface area contributed by atoms with Gasteiger partial charge in [0.2, 0.25) is 0 Å². The number of fused-ring (bicyclic) bond motifs is 1. The maximum absolute atomic E-state index is 10.3. The Kier molecular flexibility index (Phi) is 4.07. The third-order valence-electron chi connectivity index (χ3n) is 3.75. The monoisotopic (exact) mass is 390 g/mol. The molecule has 0 bridgehead atoms. The predicted octanol–water partition coefficient (Wildman–Crippen LogP) is 2.27. The molecule has 0 spiro atoms. The molecule has 2 fully saturated rings. The Labute approximate surface area is 132 Å². The smallest absolute Gasteiger partial charge is 0.163 e. The van der Waals surface area contributed by atoms with E-state index in [0.717, 1.165) is 5.56 Å². The Morgan fingerprint density at radius 1 is 1.20 bits per heavy atom. The van der Waals surface area contributed by atoms with Gasteiger partial charge in [-0.25, -0.2) is 0 Å². The highest BCUT2D eigenvalue weighted by atomic mass is 127. The van der Waals surface area contributed by atoms with Gasteiger partial charge in [-0.3, -0.25) is 0 Å². The molecular formula is C15H19IO4. The van der Waals surface area contributed by atoms with Gasteiger partial charge in [-0.2, -0.15) is 0 Å². The van der Waals surface area contributed by atoms with Crippen molar-refractivity contribution in [1.29, 1.82) is 0 Å². The predicted molar refractivity (Wildman–Crippen MR) is 82.7 cm³/mol. The molecule has 2 aliphatic rings. The van der Waals surface area contributed by atoms with Gasteiger partial charge in [-0.05, 0) is 19.4 Å². The van der Waals surface area contributed by atoms with Crippen molar-refractivity contribution < 1.29 is 19.3 Å². The zero-order valence-electron chi connectivity index (χ0n) is 11.5. The SMILES string of the molecule is CC1(C)O[C@H]2[C@H](OCc3ccccc3)[C@@H](O)[C@H](I)[C@H]2O1. The highest BCUT2D eigenvalue weighted by Gasteiger charge is 2.58. The van der Waals surface area contributed by atoms with Crippen LogP contribution in [0.25, 0.3) is 0 Å². The van der Waals surface area contributed by atoms with Crippen molar-refractivity contribution in [3.63, 3.8) is 0 Å². The molecule has 0 aromatic heterocycles. The molecule has 4 nitrogen and oxygen atoms in total. The van der Waals surface area contributed by atoms with E-state index < -0.39 is 11.9 Å². The summed E-state index contributed by atoms with van der Waals surface area (Å²) in [5.74, 6) is -0.604. The van der Waals surface area contributed by atoms with E-state index in [2.05, 4.69) is 22.6 Å². The first-order valence-corrected chi connectivity index (χ1v) is 8.06. The van der Waals surface area contributed by atoms with E-state index in [1.807, 2.05) is 44.2 Å². The van der Waals surface area contributed by atoms with E-state index in [1.165, 1.54) is 0 Å². The molecule has 110 valence electrons. The normalized spacial score (nSPS) is 38.9. The summed E-state index contributed by atoms with van der Waals surface area (Å²) in [5, 5.41) is 10.3. The maximum Gasteiger partial charge on any atom is 0.163 e. The molecule has 1 aromatic rings. The van der Waals surface area contributed by atoms with E-state index in [1.54, 1.807) is 0 Å². The van der Waals surface area contributed by atoms with Gasteiger partial charge in [0.05, 0.1) is 16.6 Å². The van der Waals surface area contributed by atoms with Crippen molar-refractivity contribution in [2.24, 2.45) is 0 Å². The lowest BCUT2D eigenvalue weighted by Gasteiger charge is -2.25. The average molecular weight is 390 g/mol. The van der Waals surface area contributed by atoms with Crippen molar-refractivity contribution in [2.45, 2.75) is 54.6 Å². The molecule has 1 aromatic carbocycles. The van der Waals surface area contributed by atoms with E-state index >= 15 is 0 Å². The second-order valence-electron chi connectivity index (χ2n) is 5.76. The molecule has 20 heavy (non-hydrogen) atoms. The first kappa shape index (κ1) is 14.7. The quantitative estimate of drug-likeness (QED) is 0.636. The second kappa shape index (κ2) is 5.53. The van der Waals surface area contributed by atoms with Crippen LogP contribution >= 0.6 is 22.6 Å². The molecule has 1 saturated heterocycles. The number of hydrogen-bond acceptors (Lipinski definition) is 4. The lowest BCUT2D eigenvalue weighted by molar-refractivity contribution is -0.179. The third kappa shape index (κ3) is 2.74. The summed E-state index contributed by atoms with van der Waals surface area (Å²) in [4.78, 5) is 0. The van der Waals surface area contributed by atoms with Gasteiger partial charge in [-0.1, -0.05) is 52.9 Å². The van der Waals surface area contributed by atoms with Gasteiger partial charge in [0.15, 0.2) is 5.79 Å². The highest BCUT2D eigenvalue weighted by Crippen LogP contribution is 2.43. The van der Waals surface area contributed by atoms with Crippen molar-refractivity contribution in [3.8, 4) is 0 Å². The maximum atomic E-state index is 10.3. The van der Waals surface area contributed by atoms with Crippen LogP contribution in [0.4, 0.5) is 0 Å². The molecule has 1 aliphatic carbocycles. The minimum absolute atomic E-state index is 0.0138. The van der Waals surface area contributed by atoms with E-state index in [9.17, 15) is 5.11 Å². The van der Waals surface area contributed by atoms with E-state index in [4.69, 9.17) is 14.2 Å². The van der Waals surface area contributed by atoms with Crippen LogP contribution < -0.4 is 0 Å². The fourth-order valence-electron chi connectivity index (χ4n) is 2.85. The van der Waals surface area contributed by atoms with Gasteiger partial charge < -0.3 is 19.3 Å². The molecule has 1 aliphatic heterocycles. The first-order valence-electron chi connectivity index (χ1n) is 6.81. The number of aliphatic hydroxyl groups excluding tert-OH is 1. The van der Waals surface area contributed by atoms with Crippen LogP contribution in [0.3, 0.4) is 0 Å². The summed E-state index contributed by atoms with van der Waals surface area (Å²) in [5.41, 5.74) is 1.09. The Bertz CT molecular complexity index is 464. The molecule has 1 N–H and O–H groups in total. The molecule has 3 rings (SSSR count). The highest BCUT2D eigenvalue weighted by molar-refractivity contribution is 14.1. The summed E-state index contributed by atoms with van der Waals surface area (Å²) in [6, 6.07) is 9.95. The molecular weight excluding hydrogens is 371 g/mol. The molecule has 5 atom stereocenters. The minimum Gasteiger partial charge on any atom is -0.389 e. The first-order chi connectivity index (χ1) is 9.48. The minimum atomic E-state index is -0.604. The Balaban J connectivity index is 1.69. The van der Waals surface area contributed by atoms with Crippen LogP contribution in [0.5, 0.6) is 0 Å². The molecule has 0 unspecified atom stereocenters. The number of hydrogen-bond donors (Lipinski definition) is 1. The van der Waals surface area contributed by atoms with Crippen LogP contribution in [0.1, 0.15) is 19.4 Å². The summed E-state index contributed by atoms with van der Waals surface area (Å²) in [6.07, 6.45) is -1.22. The van der Waals surface area contributed by atoms with Crippen LogP contribution in [-0.4, -0.2) is 39.2 Å². The zero-order valence-corrected chi connectivity index (χ0v) is 13.7. The van der Waals surface area contributed by atoms with Gasteiger partial charge in [0, 0.05) is 0 Å². The Morgan fingerprint density at radius 2 is 1.85 bits per heavy atom. The van der Waals surface area contributed by atoms with Gasteiger partial charge in [0.1, 0.15) is 18.3 Å². The number of benzene rings is 1. The Morgan fingerprint density at radius 3 is 2.55 bits per heavy atom. The standard InChI is InChI=1S/C15H19IO4/c1-15(2)19-12-10(16)11(17)13(14(12)20-15)18-8-9-6-4-3-5-7-9/h3-7,10-14,17H,8H2,1-2H3/t10-,11-,12+,13+,14+/m0/s1. The molecule has 0 radical (unpaired) electrons. The van der Waals surface area contributed by atoms with Gasteiger partial charge in [-0.15, -0.1) is 0 Å². The molecule has 0 amide bonds. The van der Waals surface area contributed by atoms with E-state index in [-0.39, 0.29) is 22.2 Å². The molecule has 5 heteroatoms. The number of halogens is 1. The molecule has 1 saturated carbocycles. The molecule has 1 heterocycles. The number of aliphatic hydroxyl groups is 1. The second-order valence-corrected chi connectivity index (χ2v) is 7.20. The van der Waals surface area contributed by atoms with E-state index in [0.29, 0.717) is 6.61 Å². The number of rotatable bonds is 3. The summed E-state index contributed by atoms with van der Waals surface area (Å²) in [6.45, 7) is 4.27. The van der Waals surface area contributed by atoms with Crippen LogP contribution in [0.2, 0.25) is 0 Å². The van der Waals surface area contributed by atoms with Crippen molar-refractivity contribution in [1.82, 2.24) is 0 Å². The fourth-order valence-corrected chi connectivity index (χ4v) is 3.81. The average Bonchev–Trinajstić information content (AvgIpc) is 2.84. The lowest BCUT2D eigenvalue weighted by Crippen LogP contribution is -2.37. The van der Waals surface area contributed by atoms with Crippen LogP contribution in [-0.2, 0) is 20.8 Å². The summed E-state index contributed by atoms with van der Waals surface area (Å²) >= 11 is 2.23. The third-order valence-corrected chi connectivity index (χ3v) is 5.20. The number of ether oxygens (including phenoxy) is 3. The lowest BCUT2D eigenvalue weighted by atomic mass is 10.2. The van der Waals surface area contributed by atoms with Crippen molar-refractivity contribution >= 4 is 22.6 Å². The van der Waals surface area contributed by atoms with Crippen LogP contribution in [0.15, 0.2) is 30.3 Å². The van der Waals surface area contributed by atoms with Crippen LogP contribution in [0, 0.1) is 0 Å². The van der Waals surface area contributed by atoms with Crippen molar-refractivity contribution in [3.05, 3.63) is 35.9 Å². The Hall–Kier alpha value is -0.210. The number of alkyl halides is 1. The largest absolute Gasteiger partial charge is 0.389 e. The van der Waals surface area contributed by atoms with Gasteiger partial charge >= 0.3 is 0 Å². The summed E-state index contributed by atoms with van der Waals surface area (Å²) in [7, 11) is 0. The fraction of sp³-hybridized carbons (Fsp3) is 0.600. The zero-order chi connectivity index (χ0) is 14.3. The summed E-state index contributed by atoms with van der Waals surface area (Å²) < 4.78 is 17.7. The van der Waals surface area contributed by atoms with Gasteiger partial charge in [0.25, 0.3) is 0 Å².